The number of carbonyl (C=O) groups excluding carboxylic acids is 1. The lowest BCUT2D eigenvalue weighted by molar-refractivity contribution is -0.114. The van der Waals surface area contributed by atoms with E-state index in [-0.39, 0.29) is 23.0 Å². The molecule has 0 fully saturated rings. The average Bonchev–Trinajstić information content (AvgIpc) is 2.97. The topological polar surface area (TPSA) is 123 Å². The summed E-state index contributed by atoms with van der Waals surface area (Å²) in [5, 5.41) is 7.45. The molecule has 0 aliphatic rings. The predicted octanol–water partition coefficient (Wildman–Crippen LogP) is 4.50. The fraction of sp³-hybridized carbons (Fsp3) is 0.0968. The number of amides is 1. The maximum absolute atomic E-state index is 13.7. The summed E-state index contributed by atoms with van der Waals surface area (Å²) in [5.41, 5.74) is 2.07. The fourth-order valence-corrected chi connectivity index (χ4v) is 5.55. The Morgan fingerprint density at radius 2 is 1.54 bits per heavy atom. The molecule has 0 aliphatic heterocycles. The highest BCUT2D eigenvalue weighted by Gasteiger charge is 2.27. The summed E-state index contributed by atoms with van der Waals surface area (Å²) in [7, 11) is -4.09. The zero-order valence-corrected chi connectivity index (χ0v) is 23.0. The van der Waals surface area contributed by atoms with E-state index < -0.39 is 21.6 Å². The summed E-state index contributed by atoms with van der Waals surface area (Å²) in [6, 6.07) is 30.4. The van der Waals surface area contributed by atoms with Crippen LogP contribution in [0.25, 0.3) is 10.9 Å². The highest BCUT2D eigenvalue weighted by molar-refractivity contribution is 7.89. The minimum Gasteiger partial charge on any atom is -0.326 e. The van der Waals surface area contributed by atoms with Gasteiger partial charge in [-0.05, 0) is 53.9 Å². The molecule has 2 N–H and O–H groups in total. The second-order valence-corrected chi connectivity index (χ2v) is 11.0. The summed E-state index contributed by atoms with van der Waals surface area (Å²) in [6.07, 6.45) is 1.74. The van der Waals surface area contributed by atoms with Crippen molar-refractivity contribution in [3.05, 3.63) is 136 Å². The number of hydrogen-bond acceptors (Lipinski definition) is 6. The van der Waals surface area contributed by atoms with Gasteiger partial charge >= 0.3 is 0 Å². The van der Waals surface area contributed by atoms with Crippen LogP contribution in [-0.2, 0) is 21.2 Å². The van der Waals surface area contributed by atoms with Crippen LogP contribution >= 0.6 is 0 Å². The molecule has 1 atom stereocenters. The SMILES string of the molecule is CC(=O)Nc1ccc(S(=O)(=O)NC(Cc2ccccc2)c2nc3ccccc3c(=O)n2/N=C/c2ccccc2)cc1. The van der Waals surface area contributed by atoms with Crippen LogP contribution in [0.4, 0.5) is 5.69 Å². The monoisotopic (exact) mass is 565 g/mol. The van der Waals surface area contributed by atoms with Crippen molar-refractivity contribution in [3.63, 3.8) is 0 Å². The van der Waals surface area contributed by atoms with E-state index in [4.69, 9.17) is 4.98 Å². The number of para-hydroxylation sites is 1. The molecule has 0 spiro atoms. The number of nitrogens with one attached hydrogen (secondary N) is 2. The lowest BCUT2D eigenvalue weighted by Gasteiger charge is -2.21. The lowest BCUT2D eigenvalue weighted by Crippen LogP contribution is -2.35. The molecule has 1 unspecified atom stereocenters. The molecule has 5 rings (SSSR count). The number of rotatable bonds is 9. The minimum absolute atomic E-state index is 0.00728. The van der Waals surface area contributed by atoms with Crippen LogP contribution in [0, 0.1) is 0 Å². The number of carbonyl (C=O) groups is 1. The molecule has 1 amide bonds. The number of benzene rings is 4. The van der Waals surface area contributed by atoms with Crippen LogP contribution in [0.5, 0.6) is 0 Å². The molecule has 0 radical (unpaired) electrons. The predicted molar refractivity (Wildman–Crippen MR) is 159 cm³/mol. The van der Waals surface area contributed by atoms with Crippen molar-refractivity contribution in [2.24, 2.45) is 5.10 Å². The highest BCUT2D eigenvalue weighted by atomic mass is 32.2. The maximum Gasteiger partial charge on any atom is 0.282 e. The molecule has 10 heteroatoms. The number of aromatic nitrogens is 2. The Balaban J connectivity index is 1.62. The van der Waals surface area contributed by atoms with Crippen LogP contribution in [0.2, 0.25) is 0 Å². The summed E-state index contributed by atoms with van der Waals surface area (Å²) < 4.78 is 31.2. The van der Waals surface area contributed by atoms with Gasteiger partial charge in [-0.1, -0.05) is 72.8 Å². The summed E-state index contributed by atoms with van der Waals surface area (Å²) in [4.78, 5) is 29.8. The number of fused-ring (bicyclic) bond motifs is 1. The van der Waals surface area contributed by atoms with Crippen molar-refractivity contribution in [1.29, 1.82) is 0 Å². The molecule has 0 saturated heterocycles. The van der Waals surface area contributed by atoms with Gasteiger partial charge in [0.25, 0.3) is 5.56 Å². The normalized spacial score (nSPS) is 12.4. The number of nitrogens with zero attached hydrogens (tertiary/aromatic N) is 3. The molecular weight excluding hydrogens is 538 g/mol. The lowest BCUT2D eigenvalue weighted by atomic mass is 10.1. The second kappa shape index (κ2) is 12.1. The van der Waals surface area contributed by atoms with E-state index >= 15 is 0 Å². The summed E-state index contributed by atoms with van der Waals surface area (Å²) >= 11 is 0. The van der Waals surface area contributed by atoms with E-state index in [1.165, 1.54) is 37.4 Å². The minimum atomic E-state index is -4.09. The van der Waals surface area contributed by atoms with Crippen LogP contribution in [0.15, 0.2) is 124 Å². The van der Waals surface area contributed by atoms with Crippen molar-refractivity contribution in [2.75, 3.05) is 5.32 Å². The van der Waals surface area contributed by atoms with Crippen LogP contribution in [-0.4, -0.2) is 30.2 Å². The molecule has 41 heavy (non-hydrogen) atoms. The third kappa shape index (κ3) is 6.63. The second-order valence-electron chi connectivity index (χ2n) is 9.33. The van der Waals surface area contributed by atoms with Crippen LogP contribution in [0.1, 0.15) is 29.9 Å². The molecule has 5 aromatic rings. The Labute approximate surface area is 237 Å². The van der Waals surface area contributed by atoms with Gasteiger partial charge in [0, 0.05) is 12.6 Å². The Kier molecular flexibility index (Phi) is 8.14. The first kappa shape index (κ1) is 27.6. The molecule has 9 nitrogen and oxygen atoms in total. The van der Waals surface area contributed by atoms with E-state index in [1.807, 2.05) is 60.7 Å². The number of sulfonamides is 1. The quantitative estimate of drug-likeness (QED) is 0.255. The first-order chi connectivity index (χ1) is 19.8. The maximum atomic E-state index is 13.7. The summed E-state index contributed by atoms with van der Waals surface area (Å²) in [6.45, 7) is 1.37. The van der Waals surface area contributed by atoms with Crippen molar-refractivity contribution >= 4 is 38.7 Å². The van der Waals surface area contributed by atoms with Gasteiger partial charge in [0.1, 0.15) is 0 Å². The number of anilines is 1. The molecule has 1 aromatic heterocycles. The third-order valence-corrected chi connectivity index (χ3v) is 7.76. The van der Waals surface area contributed by atoms with Crippen molar-refractivity contribution in [2.45, 2.75) is 24.3 Å². The Hall–Kier alpha value is -4.93. The van der Waals surface area contributed by atoms with Crippen LogP contribution < -0.4 is 15.6 Å². The number of hydrogen-bond donors (Lipinski definition) is 2. The molecule has 0 bridgehead atoms. The smallest absolute Gasteiger partial charge is 0.282 e. The first-order valence-electron chi connectivity index (χ1n) is 12.9. The van der Waals surface area contributed by atoms with Crippen molar-refractivity contribution in [1.82, 2.24) is 14.4 Å². The van der Waals surface area contributed by atoms with Gasteiger partial charge in [0.2, 0.25) is 15.9 Å². The van der Waals surface area contributed by atoms with Gasteiger partial charge in [-0.3, -0.25) is 9.59 Å². The molecule has 206 valence electrons. The Bertz CT molecular complexity index is 1870. The van der Waals surface area contributed by atoms with E-state index in [0.29, 0.717) is 16.6 Å². The van der Waals surface area contributed by atoms with Gasteiger partial charge in [0.05, 0.1) is 28.1 Å². The molecule has 1 heterocycles. The highest BCUT2D eigenvalue weighted by Crippen LogP contribution is 2.23. The molecule has 0 saturated carbocycles. The Morgan fingerprint density at radius 3 is 2.22 bits per heavy atom. The third-order valence-electron chi connectivity index (χ3n) is 6.28. The first-order valence-corrected chi connectivity index (χ1v) is 14.3. The standard InChI is InChI=1S/C31H27N5O4S/c1-22(37)33-25-16-18-26(19-17-25)41(39,40)35-29(20-23-10-4-2-5-11-23)30-34-28-15-9-8-14-27(28)31(38)36(30)32-21-24-12-6-3-7-13-24/h2-19,21,29,35H,20H2,1H3,(H,33,37)/b32-21+. The molecule has 4 aromatic carbocycles. The fourth-order valence-electron chi connectivity index (χ4n) is 4.35. The van der Waals surface area contributed by atoms with Crippen LogP contribution in [0.3, 0.4) is 0 Å². The summed E-state index contributed by atoms with van der Waals surface area (Å²) in [5.74, 6) is -0.124. The van der Waals surface area contributed by atoms with Crippen molar-refractivity contribution < 1.29 is 13.2 Å². The van der Waals surface area contributed by atoms with E-state index in [0.717, 1.165) is 15.8 Å². The molecule has 0 aliphatic carbocycles. The van der Waals surface area contributed by atoms with Crippen molar-refractivity contribution in [3.8, 4) is 0 Å². The zero-order valence-electron chi connectivity index (χ0n) is 22.1. The van der Waals surface area contributed by atoms with E-state index in [9.17, 15) is 18.0 Å². The van der Waals surface area contributed by atoms with E-state index in [1.54, 1.807) is 24.3 Å². The Morgan fingerprint density at radius 1 is 0.902 bits per heavy atom. The van der Waals surface area contributed by atoms with Gasteiger partial charge in [-0.25, -0.2) is 18.1 Å². The average molecular weight is 566 g/mol. The zero-order chi connectivity index (χ0) is 28.8. The molecular formula is C31H27N5O4S. The van der Waals surface area contributed by atoms with E-state index in [2.05, 4.69) is 15.1 Å². The van der Waals surface area contributed by atoms with Gasteiger partial charge in [-0.2, -0.15) is 9.78 Å². The van der Waals surface area contributed by atoms with Gasteiger partial charge in [-0.15, -0.1) is 0 Å². The van der Waals surface area contributed by atoms with Gasteiger partial charge < -0.3 is 5.32 Å². The largest absolute Gasteiger partial charge is 0.326 e. The van der Waals surface area contributed by atoms with Gasteiger partial charge in [0.15, 0.2) is 5.82 Å².